The van der Waals surface area contributed by atoms with Crippen molar-refractivity contribution in [2.45, 2.75) is 24.2 Å². The zero-order valence-corrected chi connectivity index (χ0v) is 10.6. The van der Waals surface area contributed by atoms with Crippen molar-refractivity contribution >= 4 is 24.3 Å². The first-order valence-corrected chi connectivity index (χ1v) is 6.44. The van der Waals surface area contributed by atoms with Gasteiger partial charge in [-0.15, -0.1) is 6.58 Å². The molecule has 0 aliphatic carbocycles. The molecular weight excluding hydrogens is 231 g/mol. The fourth-order valence-corrected chi connectivity index (χ4v) is 3.37. The zero-order chi connectivity index (χ0) is 12.4. The molecule has 0 fully saturated rings. The average molecular weight is 246 g/mol. The third kappa shape index (κ3) is 2.34. The Hall–Kier alpha value is -0.965. The van der Waals surface area contributed by atoms with Gasteiger partial charge >= 0.3 is 7.12 Å². The zero-order valence-electron chi connectivity index (χ0n) is 9.76. The lowest BCUT2D eigenvalue weighted by Crippen LogP contribution is -2.29. The Bertz CT molecular complexity index is 468. The van der Waals surface area contributed by atoms with Crippen LogP contribution in [0.4, 0.5) is 0 Å². The van der Waals surface area contributed by atoms with Crippen molar-refractivity contribution in [1.29, 1.82) is 0 Å². The smallest absolute Gasteiger partial charge is 0.423 e. The summed E-state index contributed by atoms with van der Waals surface area (Å²) in [7, 11) is -1.39. The highest BCUT2D eigenvalue weighted by Gasteiger charge is 2.27. The van der Waals surface area contributed by atoms with Crippen molar-refractivity contribution < 1.29 is 10.0 Å². The summed E-state index contributed by atoms with van der Waals surface area (Å²) in [4.78, 5) is 2.43. The lowest BCUT2D eigenvalue weighted by Gasteiger charge is -2.10. The predicted octanol–water partition coefficient (Wildman–Crippen LogP) is 2.04. The van der Waals surface area contributed by atoms with Gasteiger partial charge < -0.3 is 10.0 Å². The molecule has 0 radical (unpaired) electrons. The number of allylic oxidation sites excluding steroid dienone is 3. The fraction of sp³-hybridized carbons (Fsp3) is 0.231. The van der Waals surface area contributed by atoms with Gasteiger partial charge in [0.15, 0.2) is 0 Å². The monoisotopic (exact) mass is 246 g/mol. The minimum absolute atomic E-state index is 0.377. The first kappa shape index (κ1) is 12.5. The van der Waals surface area contributed by atoms with Crippen LogP contribution in [0.1, 0.15) is 24.8 Å². The second-order valence-electron chi connectivity index (χ2n) is 4.04. The lowest BCUT2D eigenvalue weighted by atomic mass is 9.79. The van der Waals surface area contributed by atoms with Crippen molar-refractivity contribution in [3.63, 3.8) is 0 Å². The molecule has 0 saturated heterocycles. The molecule has 0 aromatic heterocycles. The van der Waals surface area contributed by atoms with Crippen LogP contribution in [0, 0.1) is 0 Å². The molecule has 1 heterocycles. The van der Waals surface area contributed by atoms with Crippen LogP contribution in [0.15, 0.2) is 46.7 Å². The van der Waals surface area contributed by atoms with Crippen LogP contribution < -0.4 is 5.46 Å². The van der Waals surface area contributed by atoms with Gasteiger partial charge in [-0.05, 0) is 35.3 Å². The minimum atomic E-state index is -1.39. The first-order chi connectivity index (χ1) is 8.17. The highest BCUT2D eigenvalue weighted by atomic mass is 32.2. The molecule has 0 bridgehead atoms. The largest absolute Gasteiger partial charge is 0.488 e. The maximum atomic E-state index is 9.16. The van der Waals surface area contributed by atoms with Crippen LogP contribution >= 0.6 is 11.8 Å². The molecule has 1 aliphatic rings. The van der Waals surface area contributed by atoms with Crippen LogP contribution in [0.5, 0.6) is 0 Å². The molecule has 0 spiro atoms. The van der Waals surface area contributed by atoms with Crippen LogP contribution in [0.3, 0.4) is 0 Å². The molecule has 1 aromatic rings. The van der Waals surface area contributed by atoms with E-state index in [9.17, 15) is 0 Å². The van der Waals surface area contributed by atoms with E-state index in [4.69, 9.17) is 10.0 Å². The van der Waals surface area contributed by atoms with Gasteiger partial charge in [0, 0.05) is 10.8 Å². The first-order valence-electron chi connectivity index (χ1n) is 5.62. The molecule has 88 valence electrons. The Balaban J connectivity index is 2.41. The van der Waals surface area contributed by atoms with Gasteiger partial charge in [0.2, 0.25) is 0 Å². The molecule has 2 rings (SSSR count). The van der Waals surface area contributed by atoms with E-state index in [0.717, 1.165) is 11.3 Å². The summed E-state index contributed by atoms with van der Waals surface area (Å²) in [6, 6.07) is 5.62. The van der Waals surface area contributed by atoms with E-state index in [1.165, 1.54) is 10.5 Å². The molecular formula is C13H15BO2S. The second kappa shape index (κ2) is 5.13. The maximum Gasteiger partial charge on any atom is 0.488 e. The Labute approximate surface area is 106 Å². The summed E-state index contributed by atoms with van der Waals surface area (Å²) < 4.78 is 0. The Morgan fingerprint density at radius 1 is 1.47 bits per heavy atom. The van der Waals surface area contributed by atoms with Crippen LogP contribution in [0.25, 0.3) is 0 Å². The third-order valence-corrected chi connectivity index (χ3v) is 4.30. The molecule has 1 atom stereocenters. The molecule has 1 unspecified atom stereocenters. The van der Waals surface area contributed by atoms with E-state index in [-0.39, 0.29) is 0 Å². The number of thioether (sulfide) groups is 1. The van der Waals surface area contributed by atoms with Gasteiger partial charge in [-0.3, -0.25) is 0 Å². The van der Waals surface area contributed by atoms with Crippen LogP contribution in [-0.4, -0.2) is 17.2 Å². The quantitative estimate of drug-likeness (QED) is 0.633. The standard InChI is InChI=1S/C13H15BO2S/c1-3-5-10-11-7-6-9(14(15)16)8-13(11)17-12(10)4-2/h3-4,6-8,10,15-16H,1,5H2,2H3/b12-4+. The van der Waals surface area contributed by atoms with E-state index in [1.54, 1.807) is 17.8 Å². The van der Waals surface area contributed by atoms with Gasteiger partial charge in [0.05, 0.1) is 0 Å². The molecule has 0 saturated carbocycles. The molecule has 0 amide bonds. The molecule has 2 nitrogen and oxygen atoms in total. The maximum absolute atomic E-state index is 9.16. The fourth-order valence-electron chi connectivity index (χ4n) is 2.11. The topological polar surface area (TPSA) is 40.5 Å². The summed E-state index contributed by atoms with van der Waals surface area (Å²) >= 11 is 1.71. The Kier molecular flexibility index (Phi) is 3.77. The minimum Gasteiger partial charge on any atom is -0.423 e. The Morgan fingerprint density at radius 3 is 2.82 bits per heavy atom. The van der Waals surface area contributed by atoms with Crippen molar-refractivity contribution in [2.24, 2.45) is 0 Å². The average Bonchev–Trinajstić information content (AvgIpc) is 2.67. The number of fused-ring (bicyclic) bond motifs is 1. The normalized spacial score (nSPS) is 20.4. The summed E-state index contributed by atoms with van der Waals surface area (Å²) in [5.74, 6) is 0.377. The molecule has 2 N–H and O–H groups in total. The van der Waals surface area contributed by atoms with Gasteiger partial charge in [-0.25, -0.2) is 0 Å². The van der Waals surface area contributed by atoms with Crippen molar-refractivity contribution in [2.75, 3.05) is 0 Å². The highest BCUT2D eigenvalue weighted by molar-refractivity contribution is 8.03. The second-order valence-corrected chi connectivity index (χ2v) is 5.16. The van der Waals surface area contributed by atoms with Crippen molar-refractivity contribution in [3.05, 3.63) is 47.4 Å². The molecule has 4 heteroatoms. The number of benzene rings is 1. The third-order valence-electron chi connectivity index (χ3n) is 2.97. The van der Waals surface area contributed by atoms with E-state index in [2.05, 4.69) is 12.7 Å². The van der Waals surface area contributed by atoms with Gasteiger partial charge in [-0.1, -0.05) is 36.0 Å². The van der Waals surface area contributed by atoms with E-state index >= 15 is 0 Å². The number of hydrogen-bond acceptors (Lipinski definition) is 3. The number of rotatable bonds is 3. The molecule has 1 aromatic carbocycles. The predicted molar refractivity (Wildman–Crippen MR) is 73.4 cm³/mol. The van der Waals surface area contributed by atoms with E-state index < -0.39 is 7.12 Å². The summed E-state index contributed by atoms with van der Waals surface area (Å²) in [5.41, 5.74) is 1.80. The lowest BCUT2D eigenvalue weighted by molar-refractivity contribution is 0.425. The van der Waals surface area contributed by atoms with Crippen molar-refractivity contribution in [3.8, 4) is 0 Å². The van der Waals surface area contributed by atoms with Crippen LogP contribution in [-0.2, 0) is 0 Å². The highest BCUT2D eigenvalue weighted by Crippen LogP contribution is 2.49. The summed E-state index contributed by atoms with van der Waals surface area (Å²) in [5, 5.41) is 18.3. The summed E-state index contributed by atoms with van der Waals surface area (Å²) in [6.45, 7) is 5.83. The summed E-state index contributed by atoms with van der Waals surface area (Å²) in [6.07, 6.45) is 4.97. The molecule has 1 aliphatic heterocycles. The van der Waals surface area contributed by atoms with E-state index in [1.807, 2.05) is 25.1 Å². The molecule has 17 heavy (non-hydrogen) atoms. The Morgan fingerprint density at radius 2 is 2.24 bits per heavy atom. The SMILES string of the molecule is C=CCC1/C(=C\C)Sc2cc(B(O)O)ccc21. The number of hydrogen-bond donors (Lipinski definition) is 2. The van der Waals surface area contributed by atoms with Crippen LogP contribution in [0.2, 0.25) is 0 Å². The van der Waals surface area contributed by atoms with E-state index in [0.29, 0.717) is 11.4 Å². The van der Waals surface area contributed by atoms with Gasteiger partial charge in [0.1, 0.15) is 0 Å². The van der Waals surface area contributed by atoms with Gasteiger partial charge in [-0.2, -0.15) is 0 Å². The van der Waals surface area contributed by atoms with Crippen molar-refractivity contribution in [1.82, 2.24) is 0 Å². The van der Waals surface area contributed by atoms with Gasteiger partial charge in [0.25, 0.3) is 0 Å².